The lowest BCUT2D eigenvalue weighted by Crippen LogP contribution is -2.48. The zero-order valence-electron chi connectivity index (χ0n) is 13.5. The number of urea groups is 1. The number of amides is 2. The topological polar surface area (TPSA) is 78.8 Å². The second kappa shape index (κ2) is 7.30. The molecule has 2 amide bonds. The van der Waals surface area contributed by atoms with Crippen LogP contribution < -0.4 is 5.32 Å². The SMILES string of the molecule is Cc1cnc(CNC(=O)N2CCCC[C@@H]2CCn2cccn2)[nH]1. The number of nitrogens with zero attached hydrogens (tertiary/aromatic N) is 4. The summed E-state index contributed by atoms with van der Waals surface area (Å²) in [6.45, 7) is 4.06. The van der Waals surface area contributed by atoms with Crippen LogP contribution in [0.15, 0.2) is 24.7 Å². The predicted molar refractivity (Wildman–Crippen MR) is 86.7 cm³/mol. The Morgan fingerprint density at radius 2 is 2.39 bits per heavy atom. The van der Waals surface area contributed by atoms with Crippen LogP contribution in [0.3, 0.4) is 0 Å². The standard InChI is InChI=1S/C16H24N6O/c1-13-11-17-15(20-13)12-18-16(23)22-9-3-2-5-14(22)6-10-21-8-4-7-19-21/h4,7-8,11,14H,2-3,5-6,9-10,12H2,1H3,(H,17,20)(H,18,23)/t14-/m1/s1. The Morgan fingerprint density at radius 1 is 1.48 bits per heavy atom. The van der Waals surface area contributed by atoms with E-state index in [0.717, 1.165) is 43.9 Å². The predicted octanol–water partition coefficient (Wildman–Crippen LogP) is 2.07. The van der Waals surface area contributed by atoms with Gasteiger partial charge in [0.2, 0.25) is 0 Å². The van der Waals surface area contributed by atoms with E-state index in [2.05, 4.69) is 20.4 Å². The van der Waals surface area contributed by atoms with Gasteiger partial charge in [-0.1, -0.05) is 0 Å². The zero-order valence-corrected chi connectivity index (χ0v) is 13.5. The van der Waals surface area contributed by atoms with Crippen molar-refractivity contribution < 1.29 is 4.79 Å². The Morgan fingerprint density at radius 3 is 3.13 bits per heavy atom. The molecular weight excluding hydrogens is 292 g/mol. The lowest BCUT2D eigenvalue weighted by molar-refractivity contribution is 0.142. The minimum atomic E-state index is 0.00391. The highest BCUT2D eigenvalue weighted by molar-refractivity contribution is 5.74. The molecule has 2 aromatic heterocycles. The minimum absolute atomic E-state index is 0.00391. The van der Waals surface area contributed by atoms with Crippen LogP contribution in [-0.4, -0.2) is 43.3 Å². The van der Waals surface area contributed by atoms with Crippen molar-refractivity contribution in [3.63, 3.8) is 0 Å². The highest BCUT2D eigenvalue weighted by Gasteiger charge is 2.26. The summed E-state index contributed by atoms with van der Waals surface area (Å²) in [6, 6.07) is 2.21. The summed E-state index contributed by atoms with van der Waals surface area (Å²) in [7, 11) is 0. The fourth-order valence-electron chi connectivity index (χ4n) is 3.10. The van der Waals surface area contributed by atoms with Gasteiger partial charge in [0.15, 0.2) is 0 Å². The van der Waals surface area contributed by atoms with Gasteiger partial charge in [0.25, 0.3) is 0 Å². The number of H-pyrrole nitrogens is 1. The summed E-state index contributed by atoms with van der Waals surface area (Å²) in [6.07, 6.45) is 9.79. The number of hydrogen-bond acceptors (Lipinski definition) is 3. The summed E-state index contributed by atoms with van der Waals surface area (Å²) in [4.78, 5) is 21.8. The maximum absolute atomic E-state index is 12.5. The van der Waals surface area contributed by atoms with Gasteiger partial charge in [-0.25, -0.2) is 9.78 Å². The third-order valence-corrected chi connectivity index (χ3v) is 4.30. The molecule has 1 saturated heterocycles. The van der Waals surface area contributed by atoms with Gasteiger partial charge < -0.3 is 15.2 Å². The molecule has 1 fully saturated rings. The van der Waals surface area contributed by atoms with Gasteiger partial charge in [0, 0.05) is 43.4 Å². The molecule has 2 N–H and O–H groups in total. The van der Waals surface area contributed by atoms with Crippen molar-refractivity contribution in [1.29, 1.82) is 0 Å². The van der Waals surface area contributed by atoms with Crippen LogP contribution in [-0.2, 0) is 13.1 Å². The zero-order chi connectivity index (χ0) is 16.1. The molecule has 3 rings (SSSR count). The van der Waals surface area contributed by atoms with E-state index in [1.165, 1.54) is 6.42 Å². The molecule has 7 heteroatoms. The second-order valence-electron chi connectivity index (χ2n) is 6.07. The van der Waals surface area contributed by atoms with Crippen molar-refractivity contribution in [2.45, 2.75) is 51.7 Å². The Hall–Kier alpha value is -2.31. The molecule has 0 radical (unpaired) electrons. The summed E-state index contributed by atoms with van der Waals surface area (Å²) >= 11 is 0. The average Bonchev–Trinajstić information content (AvgIpc) is 3.22. The second-order valence-corrected chi connectivity index (χ2v) is 6.07. The van der Waals surface area contributed by atoms with E-state index >= 15 is 0 Å². The molecule has 23 heavy (non-hydrogen) atoms. The van der Waals surface area contributed by atoms with Gasteiger partial charge in [-0.2, -0.15) is 5.10 Å². The molecule has 2 aromatic rings. The number of imidazole rings is 1. The minimum Gasteiger partial charge on any atom is -0.345 e. The van der Waals surface area contributed by atoms with E-state index < -0.39 is 0 Å². The lowest BCUT2D eigenvalue weighted by atomic mass is 10.00. The quantitative estimate of drug-likeness (QED) is 0.886. The monoisotopic (exact) mass is 316 g/mol. The number of rotatable bonds is 5. The van der Waals surface area contributed by atoms with E-state index in [9.17, 15) is 4.79 Å². The number of aromatic amines is 1. The molecule has 1 aliphatic heterocycles. The van der Waals surface area contributed by atoms with E-state index in [0.29, 0.717) is 6.54 Å². The normalized spacial score (nSPS) is 18.1. The molecule has 0 aromatic carbocycles. The molecule has 3 heterocycles. The third-order valence-electron chi connectivity index (χ3n) is 4.30. The molecule has 0 spiro atoms. The number of nitrogens with one attached hydrogen (secondary N) is 2. The van der Waals surface area contributed by atoms with Gasteiger partial charge in [-0.05, 0) is 38.7 Å². The van der Waals surface area contributed by atoms with E-state index in [1.807, 2.05) is 28.8 Å². The first-order valence-electron chi connectivity index (χ1n) is 8.25. The number of carbonyl (C=O) groups is 1. The molecule has 7 nitrogen and oxygen atoms in total. The fourth-order valence-corrected chi connectivity index (χ4v) is 3.10. The van der Waals surface area contributed by atoms with Gasteiger partial charge >= 0.3 is 6.03 Å². The van der Waals surface area contributed by atoms with Crippen molar-refractivity contribution in [3.05, 3.63) is 36.2 Å². The summed E-state index contributed by atoms with van der Waals surface area (Å²) in [5.74, 6) is 0.793. The molecule has 124 valence electrons. The lowest BCUT2D eigenvalue weighted by Gasteiger charge is -2.35. The van der Waals surface area contributed by atoms with Crippen molar-refractivity contribution in [3.8, 4) is 0 Å². The Bertz CT molecular complexity index is 620. The molecule has 0 aliphatic carbocycles. The number of piperidine rings is 1. The maximum atomic E-state index is 12.5. The number of aromatic nitrogens is 4. The maximum Gasteiger partial charge on any atom is 0.318 e. The number of carbonyl (C=O) groups excluding carboxylic acids is 1. The van der Waals surface area contributed by atoms with Crippen LogP contribution >= 0.6 is 0 Å². The van der Waals surface area contributed by atoms with Crippen molar-refractivity contribution >= 4 is 6.03 Å². The summed E-state index contributed by atoms with van der Waals surface area (Å²) in [5, 5.41) is 7.21. The van der Waals surface area contributed by atoms with E-state index in [-0.39, 0.29) is 12.1 Å². The van der Waals surface area contributed by atoms with Crippen LogP contribution in [0.2, 0.25) is 0 Å². The molecule has 0 bridgehead atoms. The third kappa shape index (κ3) is 4.12. The first-order valence-corrected chi connectivity index (χ1v) is 8.25. The van der Waals surface area contributed by atoms with Gasteiger partial charge in [0.05, 0.1) is 6.54 Å². The number of aryl methyl sites for hydroxylation is 2. The van der Waals surface area contributed by atoms with Crippen LogP contribution in [0.1, 0.15) is 37.2 Å². The Labute approximate surface area is 136 Å². The van der Waals surface area contributed by atoms with Gasteiger partial charge in [0.1, 0.15) is 5.82 Å². The number of likely N-dealkylation sites (tertiary alicyclic amines) is 1. The van der Waals surface area contributed by atoms with Crippen LogP contribution in [0.5, 0.6) is 0 Å². The average molecular weight is 316 g/mol. The largest absolute Gasteiger partial charge is 0.345 e. The molecule has 0 saturated carbocycles. The van der Waals surface area contributed by atoms with Crippen LogP contribution in [0.4, 0.5) is 4.79 Å². The highest BCUT2D eigenvalue weighted by Crippen LogP contribution is 2.20. The van der Waals surface area contributed by atoms with Crippen molar-refractivity contribution in [2.24, 2.45) is 0 Å². The fraction of sp³-hybridized carbons (Fsp3) is 0.562. The van der Waals surface area contributed by atoms with Gasteiger partial charge in [-0.3, -0.25) is 4.68 Å². The molecule has 1 atom stereocenters. The first-order chi connectivity index (χ1) is 11.2. The van der Waals surface area contributed by atoms with Crippen molar-refractivity contribution in [1.82, 2.24) is 30.0 Å². The Balaban J connectivity index is 1.53. The number of hydrogen-bond donors (Lipinski definition) is 2. The van der Waals surface area contributed by atoms with Gasteiger partial charge in [-0.15, -0.1) is 0 Å². The smallest absolute Gasteiger partial charge is 0.318 e. The van der Waals surface area contributed by atoms with E-state index in [1.54, 1.807) is 12.4 Å². The first kappa shape index (κ1) is 15.6. The van der Waals surface area contributed by atoms with Crippen LogP contribution in [0.25, 0.3) is 0 Å². The van der Waals surface area contributed by atoms with Crippen molar-refractivity contribution in [2.75, 3.05) is 6.54 Å². The summed E-state index contributed by atoms with van der Waals surface area (Å²) in [5.41, 5.74) is 1.00. The highest BCUT2D eigenvalue weighted by atomic mass is 16.2. The summed E-state index contributed by atoms with van der Waals surface area (Å²) < 4.78 is 1.93. The molecule has 0 unspecified atom stereocenters. The van der Waals surface area contributed by atoms with Crippen LogP contribution in [0, 0.1) is 6.92 Å². The van der Waals surface area contributed by atoms with E-state index in [4.69, 9.17) is 0 Å². The Kier molecular flexibility index (Phi) is 4.95. The molecule has 1 aliphatic rings. The molecular formula is C16H24N6O.